The molecule has 1 saturated carbocycles. The maximum Gasteiger partial charge on any atom is 0.323 e. The lowest BCUT2D eigenvalue weighted by molar-refractivity contribution is -0.161. The van der Waals surface area contributed by atoms with Crippen LogP contribution in [0.2, 0.25) is 0 Å². The maximum atomic E-state index is 12.4. The van der Waals surface area contributed by atoms with Crippen LogP contribution in [0.1, 0.15) is 51.0 Å². The van der Waals surface area contributed by atoms with E-state index in [1.54, 1.807) is 7.11 Å². The molecule has 5 nitrogen and oxygen atoms in total. The third-order valence-corrected chi connectivity index (χ3v) is 5.28. The van der Waals surface area contributed by atoms with Crippen LogP contribution in [0.15, 0.2) is 30.3 Å². The molecule has 0 amide bonds. The number of methoxy groups -OCH3 is 3. The molecule has 0 radical (unpaired) electrons. The Morgan fingerprint density at radius 3 is 2.19 bits per heavy atom. The van der Waals surface area contributed by atoms with E-state index in [0.717, 1.165) is 29.7 Å². The summed E-state index contributed by atoms with van der Waals surface area (Å²) in [5, 5.41) is 0. The van der Waals surface area contributed by atoms with Gasteiger partial charge in [-0.3, -0.25) is 9.59 Å². The number of rotatable bonds is 10. The second kappa shape index (κ2) is 9.58. The molecule has 1 aromatic carbocycles. The van der Waals surface area contributed by atoms with Gasteiger partial charge in [0.15, 0.2) is 5.41 Å². The molecule has 0 aromatic heterocycles. The van der Waals surface area contributed by atoms with Crippen LogP contribution in [0.25, 0.3) is 5.57 Å². The van der Waals surface area contributed by atoms with Crippen LogP contribution in [0.3, 0.4) is 0 Å². The standard InChI is InChI=1S/C22H30O5/c1-5-6-7-8-9-10-18(16-11-13-17(25-2)14-12-16)19-15-22(19,20(23)26-3)21(24)27-4/h10-14,19H,5-9,15H2,1-4H3/b18-10-. The van der Waals surface area contributed by atoms with E-state index in [-0.39, 0.29) is 5.92 Å². The fourth-order valence-electron chi connectivity index (χ4n) is 3.61. The van der Waals surface area contributed by atoms with Crippen molar-refractivity contribution >= 4 is 17.5 Å². The SMILES string of the molecule is CCCCCC/C=C(/c1ccc(OC)cc1)C1CC1(C(=O)OC)C(=O)OC. The topological polar surface area (TPSA) is 61.8 Å². The van der Waals surface area contributed by atoms with E-state index in [9.17, 15) is 9.59 Å². The lowest BCUT2D eigenvalue weighted by Gasteiger charge is -2.15. The smallest absolute Gasteiger partial charge is 0.323 e. The van der Waals surface area contributed by atoms with E-state index in [1.165, 1.54) is 33.5 Å². The molecule has 0 spiro atoms. The average molecular weight is 374 g/mol. The third-order valence-electron chi connectivity index (χ3n) is 5.28. The van der Waals surface area contributed by atoms with Crippen molar-refractivity contribution in [3.63, 3.8) is 0 Å². The van der Waals surface area contributed by atoms with Gasteiger partial charge in [0.1, 0.15) is 5.75 Å². The monoisotopic (exact) mass is 374 g/mol. The minimum Gasteiger partial charge on any atom is -0.497 e. The molecule has 0 heterocycles. The molecule has 0 aliphatic heterocycles. The zero-order valence-electron chi connectivity index (χ0n) is 16.7. The molecule has 1 aliphatic rings. The summed E-state index contributed by atoms with van der Waals surface area (Å²) >= 11 is 0. The summed E-state index contributed by atoms with van der Waals surface area (Å²) in [5.41, 5.74) is 0.773. The van der Waals surface area contributed by atoms with Gasteiger partial charge in [-0.05, 0) is 42.5 Å². The van der Waals surface area contributed by atoms with Crippen molar-refractivity contribution in [2.45, 2.75) is 45.4 Å². The Balaban J connectivity index is 2.30. The highest BCUT2D eigenvalue weighted by molar-refractivity contribution is 6.06. The molecule has 1 unspecified atom stereocenters. The Bertz CT molecular complexity index is 658. The second-order valence-corrected chi connectivity index (χ2v) is 6.95. The van der Waals surface area contributed by atoms with Crippen LogP contribution in [0, 0.1) is 11.3 Å². The van der Waals surface area contributed by atoms with E-state index in [0.29, 0.717) is 6.42 Å². The Labute approximate surface area is 161 Å². The maximum absolute atomic E-state index is 12.4. The summed E-state index contributed by atoms with van der Waals surface area (Å²) < 4.78 is 15.1. The number of carbonyl (C=O) groups is 2. The number of benzene rings is 1. The fourth-order valence-corrected chi connectivity index (χ4v) is 3.61. The molecule has 1 aliphatic carbocycles. The van der Waals surface area contributed by atoms with Crippen molar-refractivity contribution < 1.29 is 23.8 Å². The minimum atomic E-state index is -1.22. The zero-order valence-corrected chi connectivity index (χ0v) is 16.7. The van der Waals surface area contributed by atoms with E-state index >= 15 is 0 Å². The largest absolute Gasteiger partial charge is 0.497 e. The number of hydrogen-bond acceptors (Lipinski definition) is 5. The van der Waals surface area contributed by atoms with Gasteiger partial charge in [0.2, 0.25) is 0 Å². The van der Waals surface area contributed by atoms with Crippen LogP contribution in [-0.2, 0) is 19.1 Å². The molecule has 27 heavy (non-hydrogen) atoms. The molecule has 5 heteroatoms. The molecule has 0 saturated heterocycles. The summed E-state index contributed by atoms with van der Waals surface area (Å²) in [6.07, 6.45) is 8.15. The van der Waals surface area contributed by atoms with Gasteiger partial charge in [-0.1, -0.05) is 44.4 Å². The predicted molar refractivity (Wildman–Crippen MR) is 104 cm³/mol. The van der Waals surface area contributed by atoms with Gasteiger partial charge < -0.3 is 14.2 Å². The predicted octanol–water partition coefficient (Wildman–Crippen LogP) is 4.40. The van der Waals surface area contributed by atoms with E-state index in [2.05, 4.69) is 13.0 Å². The van der Waals surface area contributed by atoms with Crippen molar-refractivity contribution in [1.82, 2.24) is 0 Å². The lowest BCUT2D eigenvalue weighted by atomic mass is 9.92. The molecule has 0 N–H and O–H groups in total. The van der Waals surface area contributed by atoms with Crippen LogP contribution in [0.5, 0.6) is 5.75 Å². The van der Waals surface area contributed by atoms with Crippen molar-refractivity contribution in [3.8, 4) is 5.75 Å². The number of carbonyl (C=O) groups excluding carboxylic acids is 2. The molecular formula is C22H30O5. The number of allylic oxidation sites excluding steroid dienone is 2. The molecule has 148 valence electrons. The van der Waals surface area contributed by atoms with Crippen molar-refractivity contribution in [2.75, 3.05) is 21.3 Å². The summed E-state index contributed by atoms with van der Waals surface area (Å²) in [7, 11) is 4.24. The van der Waals surface area contributed by atoms with Gasteiger partial charge in [-0.25, -0.2) is 0 Å². The Hall–Kier alpha value is -2.30. The fraction of sp³-hybridized carbons (Fsp3) is 0.545. The quantitative estimate of drug-likeness (QED) is 0.345. The highest BCUT2D eigenvalue weighted by Gasteiger charge is 2.69. The molecule has 2 rings (SSSR count). The van der Waals surface area contributed by atoms with Gasteiger partial charge in [-0.15, -0.1) is 0 Å². The van der Waals surface area contributed by atoms with E-state index < -0.39 is 17.4 Å². The second-order valence-electron chi connectivity index (χ2n) is 6.95. The van der Waals surface area contributed by atoms with Gasteiger partial charge in [0.25, 0.3) is 0 Å². The molecule has 1 atom stereocenters. The number of unbranched alkanes of at least 4 members (excludes halogenated alkanes) is 4. The van der Waals surface area contributed by atoms with Crippen molar-refractivity contribution in [3.05, 3.63) is 35.9 Å². The Morgan fingerprint density at radius 1 is 1.04 bits per heavy atom. The summed E-state index contributed by atoms with van der Waals surface area (Å²) in [6.45, 7) is 2.18. The molecule has 0 bridgehead atoms. The van der Waals surface area contributed by atoms with E-state index in [4.69, 9.17) is 14.2 Å². The molecule has 1 aromatic rings. The van der Waals surface area contributed by atoms with Crippen LogP contribution in [-0.4, -0.2) is 33.3 Å². The Morgan fingerprint density at radius 2 is 1.67 bits per heavy atom. The van der Waals surface area contributed by atoms with Gasteiger partial charge in [0, 0.05) is 5.92 Å². The van der Waals surface area contributed by atoms with Crippen LogP contribution < -0.4 is 4.74 Å². The number of hydrogen-bond donors (Lipinski definition) is 0. The molecular weight excluding hydrogens is 344 g/mol. The summed E-state index contributed by atoms with van der Waals surface area (Å²) in [6, 6.07) is 7.71. The van der Waals surface area contributed by atoms with Gasteiger partial charge in [0.05, 0.1) is 21.3 Å². The van der Waals surface area contributed by atoms with E-state index in [1.807, 2.05) is 24.3 Å². The first-order valence-electron chi connectivity index (χ1n) is 9.56. The third kappa shape index (κ3) is 4.52. The van der Waals surface area contributed by atoms with Crippen LogP contribution in [0.4, 0.5) is 0 Å². The Kier molecular flexibility index (Phi) is 7.45. The van der Waals surface area contributed by atoms with Gasteiger partial charge in [-0.2, -0.15) is 0 Å². The van der Waals surface area contributed by atoms with Gasteiger partial charge >= 0.3 is 11.9 Å². The normalized spacial score (nSPS) is 17.9. The molecule has 1 fully saturated rings. The number of esters is 2. The highest BCUT2D eigenvalue weighted by Crippen LogP contribution is 2.60. The van der Waals surface area contributed by atoms with Crippen molar-refractivity contribution in [2.24, 2.45) is 11.3 Å². The minimum absolute atomic E-state index is 0.225. The van der Waals surface area contributed by atoms with Crippen molar-refractivity contribution in [1.29, 1.82) is 0 Å². The first-order valence-corrected chi connectivity index (χ1v) is 9.56. The summed E-state index contributed by atoms with van der Waals surface area (Å²) in [4.78, 5) is 24.8. The average Bonchev–Trinajstić information content (AvgIpc) is 3.46. The number of ether oxygens (including phenoxy) is 3. The summed E-state index contributed by atoms with van der Waals surface area (Å²) in [5.74, 6) is -0.504. The first-order chi connectivity index (χ1) is 13.0. The lowest BCUT2D eigenvalue weighted by Crippen LogP contribution is -2.30. The van der Waals surface area contributed by atoms with Crippen LogP contribution >= 0.6 is 0 Å². The highest BCUT2D eigenvalue weighted by atomic mass is 16.5. The first kappa shape index (κ1) is 21.0. The zero-order chi connectivity index (χ0) is 19.9.